The Balaban J connectivity index is 1.78. The molecule has 0 bridgehead atoms. The predicted octanol–water partition coefficient (Wildman–Crippen LogP) is 2.63. The molecule has 0 atom stereocenters. The van der Waals surface area contributed by atoms with E-state index in [4.69, 9.17) is 0 Å². The molecule has 20 heavy (non-hydrogen) atoms. The van der Waals surface area contributed by atoms with Crippen LogP contribution in [-0.2, 0) is 6.54 Å². The summed E-state index contributed by atoms with van der Waals surface area (Å²) in [5, 5.41) is 7.25. The molecule has 106 valence electrons. The second kappa shape index (κ2) is 6.37. The number of rotatable bonds is 5. The minimum atomic E-state index is -0.00949. The number of nitrogens with one attached hydrogen (secondary N) is 1. The number of hydrogen-bond donors (Lipinski definition) is 1. The maximum Gasteiger partial charge on any atom is 0.251 e. The average Bonchev–Trinajstić information content (AvgIpc) is 2.83. The highest BCUT2D eigenvalue weighted by atomic mass is 16.1. The van der Waals surface area contributed by atoms with Gasteiger partial charge >= 0.3 is 0 Å². The van der Waals surface area contributed by atoms with E-state index in [-0.39, 0.29) is 5.91 Å². The molecule has 0 unspecified atom stereocenters. The van der Waals surface area contributed by atoms with Gasteiger partial charge in [0.05, 0.1) is 5.69 Å². The van der Waals surface area contributed by atoms with Gasteiger partial charge in [0.2, 0.25) is 0 Å². The highest BCUT2D eigenvalue weighted by Gasteiger charge is 2.05. The lowest BCUT2D eigenvalue weighted by Gasteiger charge is -2.07. The van der Waals surface area contributed by atoms with Crippen LogP contribution in [0.25, 0.3) is 0 Å². The van der Waals surface area contributed by atoms with Gasteiger partial charge in [0, 0.05) is 24.8 Å². The number of hydrogen-bond acceptors (Lipinski definition) is 2. The summed E-state index contributed by atoms with van der Waals surface area (Å²) in [6.45, 7) is 7.51. The van der Waals surface area contributed by atoms with E-state index >= 15 is 0 Å². The molecule has 0 aliphatic heterocycles. The quantitative estimate of drug-likeness (QED) is 0.850. The summed E-state index contributed by atoms with van der Waals surface area (Å²) in [5.41, 5.74) is 4.09. The molecule has 2 aromatic rings. The van der Waals surface area contributed by atoms with Gasteiger partial charge < -0.3 is 5.32 Å². The summed E-state index contributed by atoms with van der Waals surface area (Å²) in [6.07, 6.45) is 2.83. The molecular weight excluding hydrogens is 250 g/mol. The Morgan fingerprint density at radius 2 is 2.00 bits per heavy atom. The molecular formula is C16H21N3O. The zero-order valence-electron chi connectivity index (χ0n) is 12.3. The van der Waals surface area contributed by atoms with Crippen molar-refractivity contribution in [2.45, 2.75) is 33.7 Å². The van der Waals surface area contributed by atoms with Crippen LogP contribution in [0.15, 0.2) is 30.5 Å². The van der Waals surface area contributed by atoms with Crippen LogP contribution in [0.4, 0.5) is 0 Å². The van der Waals surface area contributed by atoms with E-state index in [0.717, 1.165) is 29.8 Å². The van der Waals surface area contributed by atoms with Crippen LogP contribution in [0.1, 0.15) is 33.6 Å². The first-order chi connectivity index (χ1) is 9.56. The third-order valence-electron chi connectivity index (χ3n) is 3.39. The first kappa shape index (κ1) is 14.3. The monoisotopic (exact) mass is 271 g/mol. The molecule has 1 aromatic heterocycles. The topological polar surface area (TPSA) is 46.9 Å². The summed E-state index contributed by atoms with van der Waals surface area (Å²) in [6, 6.07) is 7.76. The highest BCUT2D eigenvalue weighted by molar-refractivity contribution is 5.94. The summed E-state index contributed by atoms with van der Waals surface area (Å²) in [4.78, 5) is 12.0. The maximum atomic E-state index is 12.0. The van der Waals surface area contributed by atoms with Gasteiger partial charge in [0.1, 0.15) is 0 Å². The number of aromatic nitrogens is 2. The Labute approximate surface area is 119 Å². The van der Waals surface area contributed by atoms with Gasteiger partial charge in [-0.25, -0.2) is 0 Å². The van der Waals surface area contributed by atoms with Crippen LogP contribution >= 0.6 is 0 Å². The molecule has 1 aromatic carbocycles. The summed E-state index contributed by atoms with van der Waals surface area (Å²) < 4.78 is 1.90. The van der Waals surface area contributed by atoms with E-state index in [1.807, 2.05) is 55.9 Å². The van der Waals surface area contributed by atoms with Gasteiger partial charge in [-0.1, -0.05) is 6.07 Å². The van der Waals surface area contributed by atoms with Gasteiger partial charge in [0.15, 0.2) is 0 Å². The zero-order chi connectivity index (χ0) is 14.5. The van der Waals surface area contributed by atoms with Crippen molar-refractivity contribution in [3.05, 3.63) is 52.8 Å². The van der Waals surface area contributed by atoms with Crippen LogP contribution in [-0.4, -0.2) is 22.2 Å². The van der Waals surface area contributed by atoms with E-state index in [0.29, 0.717) is 6.54 Å². The number of carbonyl (C=O) groups is 1. The molecule has 1 N–H and O–H groups in total. The fourth-order valence-electron chi connectivity index (χ4n) is 2.02. The van der Waals surface area contributed by atoms with Gasteiger partial charge in [-0.15, -0.1) is 0 Å². The maximum absolute atomic E-state index is 12.0. The van der Waals surface area contributed by atoms with E-state index < -0.39 is 0 Å². The molecule has 0 radical (unpaired) electrons. The summed E-state index contributed by atoms with van der Waals surface area (Å²) in [7, 11) is 0. The molecule has 1 heterocycles. The van der Waals surface area contributed by atoms with Crippen molar-refractivity contribution >= 4 is 5.91 Å². The summed E-state index contributed by atoms with van der Waals surface area (Å²) >= 11 is 0. The van der Waals surface area contributed by atoms with Crippen molar-refractivity contribution in [3.8, 4) is 0 Å². The Morgan fingerprint density at radius 1 is 1.20 bits per heavy atom. The van der Waals surface area contributed by atoms with Crippen LogP contribution in [0.2, 0.25) is 0 Å². The Morgan fingerprint density at radius 3 is 2.65 bits per heavy atom. The van der Waals surface area contributed by atoms with Gasteiger partial charge in [-0.05, 0) is 56.5 Å². The third-order valence-corrected chi connectivity index (χ3v) is 3.39. The molecule has 2 rings (SSSR count). The van der Waals surface area contributed by atoms with E-state index in [9.17, 15) is 4.79 Å². The van der Waals surface area contributed by atoms with Gasteiger partial charge in [-0.3, -0.25) is 9.48 Å². The van der Waals surface area contributed by atoms with Crippen LogP contribution in [0, 0.1) is 20.8 Å². The molecule has 0 spiro atoms. The average molecular weight is 271 g/mol. The first-order valence-corrected chi connectivity index (χ1v) is 6.92. The Bertz CT molecular complexity index is 602. The fraction of sp³-hybridized carbons (Fsp3) is 0.375. The zero-order valence-corrected chi connectivity index (χ0v) is 12.3. The fourth-order valence-corrected chi connectivity index (χ4v) is 2.02. The molecule has 4 heteroatoms. The summed E-state index contributed by atoms with van der Waals surface area (Å²) in [5.74, 6) is -0.00949. The van der Waals surface area contributed by atoms with Gasteiger partial charge in [-0.2, -0.15) is 5.10 Å². The van der Waals surface area contributed by atoms with Crippen LogP contribution < -0.4 is 5.32 Å². The predicted molar refractivity (Wildman–Crippen MR) is 79.8 cm³/mol. The van der Waals surface area contributed by atoms with Gasteiger partial charge in [0.25, 0.3) is 5.91 Å². The molecule has 4 nitrogen and oxygen atoms in total. The number of aryl methyl sites for hydroxylation is 4. The van der Waals surface area contributed by atoms with Crippen molar-refractivity contribution in [2.75, 3.05) is 6.54 Å². The van der Waals surface area contributed by atoms with E-state index in [1.165, 1.54) is 5.56 Å². The number of carbonyl (C=O) groups excluding carboxylic acids is 1. The molecule has 1 amide bonds. The number of amides is 1. The van der Waals surface area contributed by atoms with Crippen LogP contribution in [0.5, 0.6) is 0 Å². The Hall–Kier alpha value is -2.10. The standard InChI is InChI=1S/C16H21N3O/c1-12-5-6-15(11-13(12)2)16(20)17-8-4-9-19-10-7-14(3)18-19/h5-7,10-11H,4,8-9H2,1-3H3,(H,17,20). The smallest absolute Gasteiger partial charge is 0.251 e. The number of benzene rings is 1. The van der Waals surface area contributed by atoms with Crippen molar-refractivity contribution in [1.29, 1.82) is 0 Å². The Kier molecular flexibility index (Phi) is 4.56. The lowest BCUT2D eigenvalue weighted by molar-refractivity contribution is 0.0952. The van der Waals surface area contributed by atoms with Crippen molar-refractivity contribution in [2.24, 2.45) is 0 Å². The minimum Gasteiger partial charge on any atom is -0.352 e. The lowest BCUT2D eigenvalue weighted by Crippen LogP contribution is -2.25. The second-order valence-electron chi connectivity index (χ2n) is 5.13. The molecule has 0 fully saturated rings. The molecule has 0 saturated heterocycles. The number of nitrogens with zero attached hydrogens (tertiary/aromatic N) is 2. The highest BCUT2D eigenvalue weighted by Crippen LogP contribution is 2.09. The van der Waals surface area contributed by atoms with Crippen LogP contribution in [0.3, 0.4) is 0 Å². The molecule has 0 aliphatic carbocycles. The van der Waals surface area contributed by atoms with Crippen molar-refractivity contribution in [1.82, 2.24) is 15.1 Å². The molecule has 0 saturated carbocycles. The second-order valence-corrected chi connectivity index (χ2v) is 5.13. The molecule has 0 aliphatic rings. The third kappa shape index (κ3) is 3.70. The van der Waals surface area contributed by atoms with E-state index in [1.54, 1.807) is 0 Å². The first-order valence-electron chi connectivity index (χ1n) is 6.92. The SMILES string of the molecule is Cc1ccn(CCCNC(=O)c2ccc(C)c(C)c2)n1. The van der Waals surface area contributed by atoms with E-state index in [2.05, 4.69) is 10.4 Å². The largest absolute Gasteiger partial charge is 0.352 e. The lowest BCUT2D eigenvalue weighted by atomic mass is 10.1. The van der Waals surface area contributed by atoms with Crippen molar-refractivity contribution < 1.29 is 4.79 Å². The van der Waals surface area contributed by atoms with Crippen molar-refractivity contribution in [3.63, 3.8) is 0 Å². The normalized spacial score (nSPS) is 10.6. The minimum absolute atomic E-state index is 0.00949.